The zero-order chi connectivity index (χ0) is 10.1. The molecule has 1 aliphatic rings. The second-order valence-corrected chi connectivity index (χ2v) is 3.72. The Labute approximate surface area is 82.5 Å². The molecule has 0 atom stereocenters. The first-order valence-electron chi connectivity index (χ1n) is 4.98. The summed E-state index contributed by atoms with van der Waals surface area (Å²) in [5.74, 6) is -0.214. The maximum absolute atomic E-state index is 10.6. The molecule has 0 spiro atoms. The molecule has 1 saturated carbocycles. The van der Waals surface area contributed by atoms with E-state index in [2.05, 4.69) is 5.10 Å². The Balaban J connectivity index is 2.29. The van der Waals surface area contributed by atoms with E-state index in [-0.39, 0.29) is 6.42 Å². The van der Waals surface area contributed by atoms with Gasteiger partial charge >= 0.3 is 5.97 Å². The summed E-state index contributed by atoms with van der Waals surface area (Å²) >= 11 is 0. The van der Waals surface area contributed by atoms with E-state index in [1.54, 1.807) is 6.20 Å². The van der Waals surface area contributed by atoms with Crippen LogP contribution in [0.5, 0.6) is 0 Å². The van der Waals surface area contributed by atoms with Crippen molar-refractivity contribution in [2.75, 3.05) is 0 Å². The SMILES string of the molecule is CCn1ncc(CC(=O)O)c1C1CC1. The Morgan fingerprint density at radius 2 is 2.43 bits per heavy atom. The molecule has 76 valence electrons. The van der Waals surface area contributed by atoms with Crippen LogP contribution in [0.2, 0.25) is 0 Å². The summed E-state index contributed by atoms with van der Waals surface area (Å²) < 4.78 is 1.93. The highest BCUT2D eigenvalue weighted by molar-refractivity contribution is 5.70. The van der Waals surface area contributed by atoms with Crippen LogP contribution in [0.4, 0.5) is 0 Å². The normalized spacial score (nSPS) is 15.8. The van der Waals surface area contributed by atoms with Crippen LogP contribution in [-0.2, 0) is 17.8 Å². The van der Waals surface area contributed by atoms with Gasteiger partial charge in [-0.2, -0.15) is 5.10 Å². The predicted molar refractivity (Wildman–Crippen MR) is 51.2 cm³/mol. The molecule has 1 heterocycles. The van der Waals surface area contributed by atoms with Gasteiger partial charge in [-0.3, -0.25) is 9.48 Å². The quantitative estimate of drug-likeness (QED) is 0.788. The number of aryl methyl sites for hydroxylation is 1. The van der Waals surface area contributed by atoms with Crippen molar-refractivity contribution < 1.29 is 9.90 Å². The summed E-state index contributed by atoms with van der Waals surface area (Å²) in [6.45, 7) is 2.86. The van der Waals surface area contributed by atoms with Crippen molar-refractivity contribution in [3.8, 4) is 0 Å². The molecule has 4 nitrogen and oxygen atoms in total. The van der Waals surface area contributed by atoms with Gasteiger partial charge in [-0.25, -0.2) is 0 Å². The van der Waals surface area contributed by atoms with Crippen molar-refractivity contribution in [2.24, 2.45) is 0 Å². The highest BCUT2D eigenvalue weighted by atomic mass is 16.4. The van der Waals surface area contributed by atoms with E-state index in [0.717, 1.165) is 17.8 Å². The molecule has 0 amide bonds. The molecule has 1 N–H and O–H groups in total. The smallest absolute Gasteiger partial charge is 0.307 e. The van der Waals surface area contributed by atoms with Gasteiger partial charge < -0.3 is 5.11 Å². The molecule has 14 heavy (non-hydrogen) atoms. The van der Waals surface area contributed by atoms with Gasteiger partial charge in [0, 0.05) is 23.7 Å². The zero-order valence-electron chi connectivity index (χ0n) is 8.23. The van der Waals surface area contributed by atoms with E-state index >= 15 is 0 Å². The van der Waals surface area contributed by atoms with Crippen LogP contribution in [0, 0.1) is 0 Å². The van der Waals surface area contributed by atoms with E-state index in [4.69, 9.17) is 5.11 Å². The summed E-state index contributed by atoms with van der Waals surface area (Å²) in [4.78, 5) is 10.6. The van der Waals surface area contributed by atoms with E-state index in [9.17, 15) is 4.79 Å². The first kappa shape index (κ1) is 9.24. The molecule has 0 aromatic carbocycles. The fraction of sp³-hybridized carbons (Fsp3) is 0.600. The molecular weight excluding hydrogens is 180 g/mol. The zero-order valence-corrected chi connectivity index (χ0v) is 8.23. The minimum Gasteiger partial charge on any atom is -0.481 e. The minimum atomic E-state index is -0.775. The number of hydrogen-bond acceptors (Lipinski definition) is 2. The minimum absolute atomic E-state index is 0.103. The van der Waals surface area contributed by atoms with E-state index in [1.165, 1.54) is 12.8 Å². The van der Waals surface area contributed by atoms with Crippen LogP contribution in [0.1, 0.15) is 36.9 Å². The fourth-order valence-electron chi connectivity index (χ4n) is 1.81. The first-order valence-corrected chi connectivity index (χ1v) is 4.98. The number of nitrogens with zero attached hydrogens (tertiary/aromatic N) is 2. The van der Waals surface area contributed by atoms with Crippen molar-refractivity contribution in [1.82, 2.24) is 9.78 Å². The van der Waals surface area contributed by atoms with Crippen molar-refractivity contribution in [3.05, 3.63) is 17.5 Å². The summed E-state index contributed by atoms with van der Waals surface area (Å²) in [5.41, 5.74) is 2.04. The van der Waals surface area contributed by atoms with Gasteiger partial charge in [-0.05, 0) is 19.8 Å². The van der Waals surface area contributed by atoms with Crippen LogP contribution < -0.4 is 0 Å². The largest absolute Gasteiger partial charge is 0.481 e. The van der Waals surface area contributed by atoms with Crippen LogP contribution in [0.25, 0.3) is 0 Å². The van der Waals surface area contributed by atoms with Gasteiger partial charge in [0.25, 0.3) is 0 Å². The topological polar surface area (TPSA) is 55.1 Å². The van der Waals surface area contributed by atoms with Crippen LogP contribution in [0.15, 0.2) is 6.20 Å². The highest BCUT2D eigenvalue weighted by Crippen LogP contribution is 2.41. The lowest BCUT2D eigenvalue weighted by Gasteiger charge is -2.04. The van der Waals surface area contributed by atoms with Gasteiger partial charge in [0.05, 0.1) is 12.6 Å². The fourth-order valence-corrected chi connectivity index (χ4v) is 1.81. The second kappa shape index (κ2) is 3.44. The third-order valence-electron chi connectivity index (χ3n) is 2.57. The van der Waals surface area contributed by atoms with Gasteiger partial charge in [-0.15, -0.1) is 0 Å². The summed E-state index contributed by atoms with van der Waals surface area (Å²) in [7, 11) is 0. The number of aromatic nitrogens is 2. The second-order valence-electron chi connectivity index (χ2n) is 3.72. The predicted octanol–water partition coefficient (Wildman–Crippen LogP) is 1.41. The van der Waals surface area contributed by atoms with Crippen LogP contribution in [-0.4, -0.2) is 20.9 Å². The average molecular weight is 194 g/mol. The van der Waals surface area contributed by atoms with Crippen molar-refractivity contribution in [1.29, 1.82) is 0 Å². The molecular formula is C10H14N2O2. The summed E-state index contributed by atoms with van der Waals surface area (Å²) in [5, 5.41) is 12.9. The molecule has 0 saturated heterocycles. The monoisotopic (exact) mass is 194 g/mol. The molecule has 1 aliphatic carbocycles. The van der Waals surface area contributed by atoms with E-state index < -0.39 is 5.97 Å². The lowest BCUT2D eigenvalue weighted by molar-refractivity contribution is -0.136. The third kappa shape index (κ3) is 1.64. The molecule has 1 aromatic rings. The van der Waals surface area contributed by atoms with Gasteiger partial charge in [0.2, 0.25) is 0 Å². The number of carboxylic acid groups (broad SMARTS) is 1. The van der Waals surface area contributed by atoms with Crippen molar-refractivity contribution in [2.45, 2.75) is 38.6 Å². The maximum atomic E-state index is 10.6. The first-order chi connectivity index (χ1) is 6.72. The Morgan fingerprint density at radius 3 is 2.93 bits per heavy atom. The molecule has 1 aromatic heterocycles. The Hall–Kier alpha value is -1.32. The Kier molecular flexibility index (Phi) is 2.27. The molecule has 4 heteroatoms. The van der Waals surface area contributed by atoms with E-state index in [1.807, 2.05) is 11.6 Å². The average Bonchev–Trinajstić information content (AvgIpc) is 2.88. The van der Waals surface area contributed by atoms with E-state index in [0.29, 0.717) is 5.92 Å². The Morgan fingerprint density at radius 1 is 1.71 bits per heavy atom. The van der Waals surface area contributed by atoms with Gasteiger partial charge in [-0.1, -0.05) is 0 Å². The highest BCUT2D eigenvalue weighted by Gasteiger charge is 2.30. The standard InChI is InChI=1S/C10H14N2O2/c1-2-12-10(7-3-4-7)8(6-11-12)5-9(13)14/h6-7H,2-5H2,1H3,(H,13,14). The Bertz CT molecular complexity index is 353. The van der Waals surface area contributed by atoms with Gasteiger partial charge in [0.1, 0.15) is 0 Å². The summed E-state index contributed by atoms with van der Waals surface area (Å²) in [6.07, 6.45) is 4.16. The molecule has 0 bridgehead atoms. The van der Waals surface area contributed by atoms with Crippen LogP contribution >= 0.6 is 0 Å². The molecule has 2 rings (SSSR count). The van der Waals surface area contributed by atoms with Crippen molar-refractivity contribution in [3.63, 3.8) is 0 Å². The molecule has 0 aliphatic heterocycles. The van der Waals surface area contributed by atoms with Gasteiger partial charge in [0.15, 0.2) is 0 Å². The van der Waals surface area contributed by atoms with Crippen LogP contribution in [0.3, 0.4) is 0 Å². The molecule has 1 fully saturated rings. The lowest BCUT2D eigenvalue weighted by atomic mass is 10.1. The summed E-state index contributed by atoms with van der Waals surface area (Å²) in [6, 6.07) is 0. The molecule has 0 unspecified atom stereocenters. The maximum Gasteiger partial charge on any atom is 0.307 e. The van der Waals surface area contributed by atoms with Crippen molar-refractivity contribution >= 4 is 5.97 Å². The lowest BCUT2D eigenvalue weighted by Crippen LogP contribution is -2.06. The number of aliphatic carboxylic acids is 1. The number of rotatable bonds is 4. The third-order valence-corrected chi connectivity index (χ3v) is 2.57. The number of hydrogen-bond donors (Lipinski definition) is 1. The number of carbonyl (C=O) groups is 1. The number of carboxylic acids is 1. The molecule has 0 radical (unpaired) electrons.